The third-order valence-corrected chi connectivity index (χ3v) is 2.84. The van der Waals surface area contributed by atoms with Gasteiger partial charge in [0.05, 0.1) is 24.4 Å². The predicted molar refractivity (Wildman–Crippen MR) is 72.7 cm³/mol. The third kappa shape index (κ3) is 2.44. The summed E-state index contributed by atoms with van der Waals surface area (Å²) < 4.78 is 10.4. The van der Waals surface area contributed by atoms with Crippen LogP contribution in [0.1, 0.15) is 11.3 Å². The summed E-state index contributed by atoms with van der Waals surface area (Å²) in [7, 11) is 5.27. The van der Waals surface area contributed by atoms with Gasteiger partial charge < -0.3 is 14.8 Å². The topological polar surface area (TPSA) is 43.4 Å². The summed E-state index contributed by atoms with van der Waals surface area (Å²) in [4.78, 5) is 4.65. The molecule has 0 bridgehead atoms. The number of rotatable bonds is 5. The van der Waals surface area contributed by atoms with Gasteiger partial charge in [0.1, 0.15) is 0 Å². The van der Waals surface area contributed by atoms with Gasteiger partial charge in [0.15, 0.2) is 0 Å². The van der Waals surface area contributed by atoms with E-state index in [9.17, 15) is 0 Å². The molecule has 0 radical (unpaired) electrons. The first-order valence-corrected chi connectivity index (χ1v) is 5.87. The Kier molecular flexibility index (Phi) is 4.12. The van der Waals surface area contributed by atoms with E-state index >= 15 is 0 Å². The molecule has 18 heavy (non-hydrogen) atoms. The van der Waals surface area contributed by atoms with Gasteiger partial charge in [-0.3, -0.25) is 0 Å². The maximum absolute atomic E-state index is 5.22. The van der Waals surface area contributed by atoms with Crippen molar-refractivity contribution in [1.82, 2.24) is 4.98 Å². The van der Waals surface area contributed by atoms with Gasteiger partial charge >= 0.3 is 0 Å². The van der Waals surface area contributed by atoms with E-state index in [0.29, 0.717) is 13.2 Å². The van der Waals surface area contributed by atoms with E-state index in [1.165, 1.54) is 0 Å². The molecule has 4 heteroatoms. The van der Waals surface area contributed by atoms with Crippen LogP contribution < -0.4 is 5.32 Å². The zero-order valence-corrected chi connectivity index (χ0v) is 11.0. The van der Waals surface area contributed by atoms with E-state index in [-0.39, 0.29) is 0 Å². The van der Waals surface area contributed by atoms with Gasteiger partial charge in [-0.05, 0) is 6.07 Å². The summed E-state index contributed by atoms with van der Waals surface area (Å²) in [5.41, 5.74) is 4.03. The second kappa shape index (κ2) is 5.80. The van der Waals surface area contributed by atoms with E-state index in [0.717, 1.165) is 27.8 Å². The molecule has 2 rings (SSSR count). The van der Waals surface area contributed by atoms with Gasteiger partial charge in [0, 0.05) is 37.9 Å². The number of fused-ring (bicyclic) bond motifs is 1. The maximum Gasteiger partial charge on any atom is 0.0885 e. The molecule has 0 amide bonds. The molecule has 2 aromatic rings. The Morgan fingerprint density at radius 1 is 1.17 bits per heavy atom. The number of anilines is 1. The number of pyridine rings is 1. The van der Waals surface area contributed by atoms with Gasteiger partial charge in [0.25, 0.3) is 0 Å². The van der Waals surface area contributed by atoms with Crippen LogP contribution in [0, 0.1) is 0 Å². The number of hydrogen-bond donors (Lipinski definition) is 1. The first kappa shape index (κ1) is 12.8. The molecule has 96 valence electrons. The van der Waals surface area contributed by atoms with E-state index < -0.39 is 0 Å². The highest BCUT2D eigenvalue weighted by atomic mass is 16.5. The van der Waals surface area contributed by atoms with Crippen molar-refractivity contribution in [1.29, 1.82) is 0 Å². The normalized spacial score (nSPS) is 10.8. The zero-order chi connectivity index (χ0) is 13.0. The van der Waals surface area contributed by atoms with Crippen LogP contribution in [-0.2, 0) is 22.7 Å². The second-order valence-corrected chi connectivity index (χ2v) is 4.09. The van der Waals surface area contributed by atoms with Crippen molar-refractivity contribution in [3.8, 4) is 0 Å². The molecular weight excluding hydrogens is 228 g/mol. The molecule has 1 N–H and O–H groups in total. The van der Waals surface area contributed by atoms with Crippen molar-refractivity contribution >= 4 is 16.6 Å². The van der Waals surface area contributed by atoms with E-state index in [4.69, 9.17) is 9.47 Å². The molecule has 1 heterocycles. The van der Waals surface area contributed by atoms with Crippen molar-refractivity contribution in [3.63, 3.8) is 0 Å². The summed E-state index contributed by atoms with van der Waals surface area (Å²) in [5.74, 6) is 0. The summed E-state index contributed by atoms with van der Waals surface area (Å²) in [6, 6.07) is 8.14. The van der Waals surface area contributed by atoms with Gasteiger partial charge in [-0.15, -0.1) is 0 Å². The zero-order valence-electron chi connectivity index (χ0n) is 11.0. The minimum atomic E-state index is 0.506. The summed E-state index contributed by atoms with van der Waals surface area (Å²) in [6.07, 6.45) is 0. The SMILES string of the molecule is CNc1cc(COC)nc2c(COC)cccc12. The Morgan fingerprint density at radius 3 is 2.61 bits per heavy atom. The lowest BCUT2D eigenvalue weighted by Crippen LogP contribution is -2.00. The fourth-order valence-electron chi connectivity index (χ4n) is 2.06. The molecule has 0 saturated heterocycles. The van der Waals surface area contributed by atoms with Crippen LogP contribution in [0.5, 0.6) is 0 Å². The lowest BCUT2D eigenvalue weighted by Gasteiger charge is -2.11. The number of benzene rings is 1. The minimum Gasteiger partial charge on any atom is -0.388 e. The van der Waals surface area contributed by atoms with Crippen LogP contribution >= 0.6 is 0 Å². The van der Waals surface area contributed by atoms with Crippen LogP contribution in [0.25, 0.3) is 10.9 Å². The van der Waals surface area contributed by atoms with Crippen LogP contribution in [0.4, 0.5) is 5.69 Å². The predicted octanol–water partition coefficient (Wildman–Crippen LogP) is 2.57. The number of hydrogen-bond acceptors (Lipinski definition) is 4. The highest BCUT2D eigenvalue weighted by Crippen LogP contribution is 2.26. The highest BCUT2D eigenvalue weighted by molar-refractivity contribution is 5.93. The van der Waals surface area contributed by atoms with Gasteiger partial charge in [0.2, 0.25) is 0 Å². The van der Waals surface area contributed by atoms with Crippen LogP contribution in [-0.4, -0.2) is 26.3 Å². The molecule has 0 aliphatic rings. The molecule has 4 nitrogen and oxygen atoms in total. The van der Waals surface area contributed by atoms with E-state index in [1.54, 1.807) is 14.2 Å². The summed E-state index contributed by atoms with van der Waals surface area (Å²) >= 11 is 0. The molecule has 0 atom stereocenters. The average molecular weight is 246 g/mol. The number of ether oxygens (including phenoxy) is 2. The molecule has 1 aromatic heterocycles. The summed E-state index contributed by atoms with van der Waals surface area (Å²) in [5, 5.41) is 4.31. The Morgan fingerprint density at radius 2 is 1.94 bits per heavy atom. The number of methoxy groups -OCH3 is 2. The van der Waals surface area contributed by atoms with Crippen molar-refractivity contribution in [3.05, 3.63) is 35.5 Å². The van der Waals surface area contributed by atoms with Crippen LogP contribution in [0.2, 0.25) is 0 Å². The molecule has 0 aliphatic heterocycles. The van der Waals surface area contributed by atoms with Crippen LogP contribution in [0.15, 0.2) is 24.3 Å². The number of para-hydroxylation sites is 1. The molecular formula is C14H18N2O2. The smallest absolute Gasteiger partial charge is 0.0885 e. The van der Waals surface area contributed by atoms with Crippen molar-refractivity contribution in [2.24, 2.45) is 0 Å². The van der Waals surface area contributed by atoms with Gasteiger partial charge in [-0.25, -0.2) is 4.98 Å². The van der Waals surface area contributed by atoms with E-state index in [1.807, 2.05) is 25.2 Å². The molecule has 0 fully saturated rings. The van der Waals surface area contributed by atoms with E-state index in [2.05, 4.69) is 16.4 Å². The summed E-state index contributed by atoms with van der Waals surface area (Å²) in [6.45, 7) is 1.07. The average Bonchev–Trinajstić information content (AvgIpc) is 2.39. The van der Waals surface area contributed by atoms with Crippen molar-refractivity contribution in [2.45, 2.75) is 13.2 Å². The van der Waals surface area contributed by atoms with Crippen LogP contribution in [0.3, 0.4) is 0 Å². The Hall–Kier alpha value is -1.65. The van der Waals surface area contributed by atoms with Gasteiger partial charge in [-0.1, -0.05) is 18.2 Å². The largest absolute Gasteiger partial charge is 0.388 e. The molecule has 1 aromatic carbocycles. The monoisotopic (exact) mass is 246 g/mol. The molecule has 0 unspecified atom stereocenters. The number of nitrogens with zero attached hydrogens (tertiary/aromatic N) is 1. The lowest BCUT2D eigenvalue weighted by molar-refractivity contribution is 0.181. The van der Waals surface area contributed by atoms with Gasteiger partial charge in [-0.2, -0.15) is 0 Å². The standard InChI is InChI=1S/C14H18N2O2/c1-15-13-7-11(9-18-3)16-14-10(8-17-2)5-4-6-12(13)14/h4-7H,8-9H2,1-3H3,(H,15,16). The number of aromatic nitrogens is 1. The first-order valence-electron chi connectivity index (χ1n) is 5.87. The number of nitrogens with one attached hydrogen (secondary N) is 1. The molecule has 0 saturated carbocycles. The minimum absolute atomic E-state index is 0.506. The Labute approximate surface area is 107 Å². The fraction of sp³-hybridized carbons (Fsp3) is 0.357. The molecule has 0 aliphatic carbocycles. The van der Waals surface area contributed by atoms with Crippen molar-refractivity contribution in [2.75, 3.05) is 26.6 Å². The second-order valence-electron chi connectivity index (χ2n) is 4.09. The third-order valence-electron chi connectivity index (χ3n) is 2.84. The lowest BCUT2D eigenvalue weighted by atomic mass is 10.1. The Balaban J connectivity index is 2.63. The maximum atomic E-state index is 5.22. The Bertz CT molecular complexity index is 541. The highest BCUT2D eigenvalue weighted by Gasteiger charge is 2.08. The fourth-order valence-corrected chi connectivity index (χ4v) is 2.06. The quantitative estimate of drug-likeness (QED) is 0.880. The van der Waals surface area contributed by atoms with Crippen molar-refractivity contribution < 1.29 is 9.47 Å². The molecule has 0 spiro atoms. The first-order chi connectivity index (χ1) is 8.80.